The summed E-state index contributed by atoms with van der Waals surface area (Å²) in [5.41, 5.74) is 2.12. The van der Waals surface area contributed by atoms with E-state index in [4.69, 9.17) is 11.6 Å². The minimum atomic E-state index is 0.499. The van der Waals surface area contributed by atoms with Crippen molar-refractivity contribution in [2.45, 2.75) is 32.7 Å². The Hall–Kier alpha value is -0.830. The number of aromatic nitrogens is 2. The van der Waals surface area contributed by atoms with E-state index in [2.05, 4.69) is 15.5 Å². The van der Waals surface area contributed by atoms with Crippen molar-refractivity contribution in [2.24, 2.45) is 0 Å². The van der Waals surface area contributed by atoms with Crippen LogP contribution in [0.1, 0.15) is 24.0 Å². The quantitative estimate of drug-likeness (QED) is 0.791. The summed E-state index contributed by atoms with van der Waals surface area (Å²) in [6, 6.07) is 0.605. The van der Waals surface area contributed by atoms with Crippen LogP contribution in [-0.2, 0) is 0 Å². The van der Waals surface area contributed by atoms with Crippen LogP contribution in [0.4, 0.5) is 5.82 Å². The molecule has 0 unspecified atom stereocenters. The summed E-state index contributed by atoms with van der Waals surface area (Å²) < 4.78 is 0. The molecule has 1 N–H and O–H groups in total. The number of nitrogens with zero attached hydrogens (tertiary/aromatic N) is 2. The minimum absolute atomic E-state index is 0.499. The van der Waals surface area contributed by atoms with Crippen molar-refractivity contribution < 1.29 is 0 Å². The summed E-state index contributed by atoms with van der Waals surface area (Å²) in [5.74, 6) is 0.879. The molecule has 1 aliphatic carbocycles. The van der Waals surface area contributed by atoms with Crippen molar-refractivity contribution in [1.82, 2.24) is 10.2 Å². The highest BCUT2D eigenvalue weighted by Gasteiger charge is 2.22. The lowest BCUT2D eigenvalue weighted by molar-refractivity contribution is 0.970. The van der Waals surface area contributed by atoms with Gasteiger partial charge in [-0.1, -0.05) is 11.6 Å². The van der Waals surface area contributed by atoms with E-state index in [1.807, 2.05) is 13.8 Å². The van der Waals surface area contributed by atoms with E-state index >= 15 is 0 Å². The van der Waals surface area contributed by atoms with E-state index in [0.29, 0.717) is 11.2 Å². The largest absolute Gasteiger partial charge is 0.366 e. The first-order valence-electron chi connectivity index (χ1n) is 4.44. The summed E-state index contributed by atoms with van der Waals surface area (Å²) in [7, 11) is 0. The molecule has 0 amide bonds. The van der Waals surface area contributed by atoms with Crippen molar-refractivity contribution in [3.8, 4) is 0 Å². The fourth-order valence-electron chi connectivity index (χ4n) is 1.13. The van der Waals surface area contributed by atoms with Gasteiger partial charge in [0, 0.05) is 6.04 Å². The zero-order chi connectivity index (χ0) is 9.42. The van der Waals surface area contributed by atoms with E-state index < -0.39 is 0 Å². The summed E-state index contributed by atoms with van der Waals surface area (Å²) in [4.78, 5) is 0. The topological polar surface area (TPSA) is 37.8 Å². The maximum Gasteiger partial charge on any atom is 0.155 e. The molecule has 4 heteroatoms. The normalized spacial score (nSPS) is 15.9. The highest BCUT2D eigenvalue weighted by molar-refractivity contribution is 6.30. The molecule has 1 aromatic heterocycles. The molecule has 0 saturated heterocycles. The van der Waals surface area contributed by atoms with Gasteiger partial charge in [-0.15, -0.1) is 10.2 Å². The Morgan fingerprint density at radius 2 is 1.92 bits per heavy atom. The zero-order valence-electron chi connectivity index (χ0n) is 7.76. The first-order valence-corrected chi connectivity index (χ1v) is 4.82. The monoisotopic (exact) mass is 197 g/mol. The van der Waals surface area contributed by atoms with E-state index in [0.717, 1.165) is 16.9 Å². The molecule has 1 saturated carbocycles. The van der Waals surface area contributed by atoms with E-state index in [9.17, 15) is 0 Å². The third kappa shape index (κ3) is 1.75. The van der Waals surface area contributed by atoms with Gasteiger partial charge in [0.2, 0.25) is 0 Å². The summed E-state index contributed by atoms with van der Waals surface area (Å²) >= 11 is 5.84. The Kier molecular flexibility index (Phi) is 2.12. The lowest BCUT2D eigenvalue weighted by Crippen LogP contribution is -2.07. The fraction of sp³-hybridized carbons (Fsp3) is 0.556. The van der Waals surface area contributed by atoms with Crippen LogP contribution in [0.25, 0.3) is 0 Å². The number of hydrogen-bond acceptors (Lipinski definition) is 3. The Morgan fingerprint density at radius 1 is 1.23 bits per heavy atom. The molecule has 1 heterocycles. The Labute approximate surface area is 82.5 Å². The molecular formula is C9H12ClN3. The van der Waals surface area contributed by atoms with Crippen LogP contribution in [0.3, 0.4) is 0 Å². The van der Waals surface area contributed by atoms with Gasteiger partial charge in [0.05, 0.1) is 0 Å². The molecule has 3 nitrogen and oxygen atoms in total. The van der Waals surface area contributed by atoms with Crippen LogP contribution in [0.2, 0.25) is 5.15 Å². The predicted octanol–water partition coefficient (Wildman–Crippen LogP) is 2.32. The Morgan fingerprint density at radius 3 is 2.54 bits per heavy atom. The van der Waals surface area contributed by atoms with Gasteiger partial charge < -0.3 is 5.32 Å². The molecular weight excluding hydrogens is 186 g/mol. The number of hydrogen-bond donors (Lipinski definition) is 1. The smallest absolute Gasteiger partial charge is 0.155 e. The van der Waals surface area contributed by atoms with E-state index in [1.54, 1.807) is 0 Å². The number of nitrogens with one attached hydrogen (secondary N) is 1. The zero-order valence-corrected chi connectivity index (χ0v) is 8.52. The second kappa shape index (κ2) is 3.14. The van der Waals surface area contributed by atoms with Crippen LogP contribution >= 0.6 is 11.6 Å². The van der Waals surface area contributed by atoms with Gasteiger partial charge in [-0.05, 0) is 37.8 Å². The highest BCUT2D eigenvalue weighted by atomic mass is 35.5. The van der Waals surface area contributed by atoms with Gasteiger partial charge in [-0.3, -0.25) is 0 Å². The Bertz CT molecular complexity index is 334. The van der Waals surface area contributed by atoms with E-state index in [-0.39, 0.29) is 0 Å². The molecule has 70 valence electrons. The van der Waals surface area contributed by atoms with Crippen LogP contribution in [0, 0.1) is 13.8 Å². The Balaban J connectivity index is 2.29. The van der Waals surface area contributed by atoms with Crippen LogP contribution in [0.5, 0.6) is 0 Å². The number of halogens is 1. The summed E-state index contributed by atoms with van der Waals surface area (Å²) in [6.07, 6.45) is 2.48. The first-order chi connectivity index (χ1) is 6.18. The molecule has 0 atom stereocenters. The van der Waals surface area contributed by atoms with Crippen LogP contribution in [0.15, 0.2) is 0 Å². The average Bonchev–Trinajstić information content (AvgIpc) is 2.90. The summed E-state index contributed by atoms with van der Waals surface area (Å²) in [5, 5.41) is 11.7. The van der Waals surface area contributed by atoms with Crippen molar-refractivity contribution in [3.63, 3.8) is 0 Å². The molecule has 13 heavy (non-hydrogen) atoms. The van der Waals surface area contributed by atoms with Crippen molar-refractivity contribution in [2.75, 3.05) is 5.32 Å². The van der Waals surface area contributed by atoms with Gasteiger partial charge in [0.15, 0.2) is 11.0 Å². The highest BCUT2D eigenvalue weighted by Crippen LogP contribution is 2.27. The molecule has 1 fully saturated rings. The lowest BCUT2D eigenvalue weighted by atomic mass is 10.2. The van der Waals surface area contributed by atoms with Crippen molar-refractivity contribution >= 4 is 17.4 Å². The molecule has 1 aliphatic rings. The molecule has 0 bridgehead atoms. The number of rotatable bonds is 2. The predicted molar refractivity (Wildman–Crippen MR) is 53.2 cm³/mol. The van der Waals surface area contributed by atoms with Gasteiger partial charge >= 0.3 is 0 Å². The molecule has 0 aromatic carbocycles. The number of anilines is 1. The van der Waals surface area contributed by atoms with E-state index in [1.165, 1.54) is 12.8 Å². The minimum Gasteiger partial charge on any atom is -0.366 e. The maximum atomic E-state index is 5.84. The summed E-state index contributed by atoms with van der Waals surface area (Å²) in [6.45, 7) is 3.98. The SMILES string of the molecule is Cc1c(Cl)nnc(NC2CC2)c1C. The van der Waals surface area contributed by atoms with Crippen molar-refractivity contribution in [1.29, 1.82) is 0 Å². The fourth-order valence-corrected chi connectivity index (χ4v) is 1.31. The van der Waals surface area contributed by atoms with Gasteiger partial charge in [-0.2, -0.15) is 0 Å². The second-order valence-corrected chi connectivity index (χ2v) is 3.87. The first kappa shape index (κ1) is 8.75. The third-order valence-electron chi connectivity index (χ3n) is 2.38. The van der Waals surface area contributed by atoms with Gasteiger partial charge in [0.1, 0.15) is 0 Å². The molecule has 1 aromatic rings. The van der Waals surface area contributed by atoms with Crippen LogP contribution in [-0.4, -0.2) is 16.2 Å². The standard InChI is InChI=1S/C9H12ClN3/c1-5-6(2)9(11-7-3-4-7)13-12-8(5)10/h7H,3-4H2,1-2H3,(H,11,13). The van der Waals surface area contributed by atoms with Crippen LogP contribution < -0.4 is 5.32 Å². The second-order valence-electron chi connectivity index (χ2n) is 3.51. The third-order valence-corrected chi connectivity index (χ3v) is 2.74. The maximum absolute atomic E-state index is 5.84. The van der Waals surface area contributed by atoms with Crippen molar-refractivity contribution in [3.05, 3.63) is 16.3 Å². The molecule has 0 aliphatic heterocycles. The molecule has 2 rings (SSSR count). The molecule has 0 radical (unpaired) electrons. The van der Waals surface area contributed by atoms with Gasteiger partial charge in [-0.25, -0.2) is 0 Å². The average molecular weight is 198 g/mol. The van der Waals surface area contributed by atoms with Gasteiger partial charge in [0.25, 0.3) is 0 Å². The lowest BCUT2D eigenvalue weighted by Gasteiger charge is -2.08. The molecule has 0 spiro atoms.